The SMILES string of the molecule is CCNc1nnc(C2CCCCS2)n1CC. The molecule has 1 fully saturated rings. The number of aromatic nitrogens is 3. The molecule has 4 nitrogen and oxygen atoms in total. The molecule has 16 heavy (non-hydrogen) atoms. The number of anilines is 1. The molecule has 1 aromatic rings. The maximum atomic E-state index is 4.36. The van der Waals surface area contributed by atoms with E-state index in [9.17, 15) is 0 Å². The molecule has 1 unspecified atom stereocenters. The molecule has 1 aromatic heterocycles. The van der Waals surface area contributed by atoms with Gasteiger partial charge in [-0.05, 0) is 32.4 Å². The molecule has 0 saturated carbocycles. The summed E-state index contributed by atoms with van der Waals surface area (Å²) < 4.78 is 2.21. The van der Waals surface area contributed by atoms with Gasteiger partial charge < -0.3 is 5.32 Å². The highest BCUT2D eigenvalue weighted by Crippen LogP contribution is 2.37. The van der Waals surface area contributed by atoms with Gasteiger partial charge in [0.25, 0.3) is 0 Å². The van der Waals surface area contributed by atoms with Gasteiger partial charge in [0.2, 0.25) is 5.95 Å². The first-order valence-corrected chi connectivity index (χ1v) is 7.20. The van der Waals surface area contributed by atoms with Crippen molar-refractivity contribution < 1.29 is 0 Å². The third-order valence-corrected chi connectivity index (χ3v) is 4.27. The fourth-order valence-corrected chi connectivity index (χ4v) is 3.41. The Morgan fingerprint density at radius 1 is 1.38 bits per heavy atom. The van der Waals surface area contributed by atoms with Crippen LogP contribution in [-0.4, -0.2) is 27.1 Å². The summed E-state index contributed by atoms with van der Waals surface area (Å²) in [5.74, 6) is 3.34. The van der Waals surface area contributed by atoms with Crippen LogP contribution >= 0.6 is 11.8 Å². The molecular formula is C11H20N4S. The number of hydrogen-bond acceptors (Lipinski definition) is 4. The molecule has 0 bridgehead atoms. The summed E-state index contributed by atoms with van der Waals surface area (Å²) in [6.07, 6.45) is 3.92. The van der Waals surface area contributed by atoms with Gasteiger partial charge in [-0.15, -0.1) is 10.2 Å². The van der Waals surface area contributed by atoms with Crippen LogP contribution in [0.4, 0.5) is 5.95 Å². The van der Waals surface area contributed by atoms with E-state index in [0.29, 0.717) is 5.25 Å². The van der Waals surface area contributed by atoms with Crippen molar-refractivity contribution >= 4 is 17.7 Å². The maximum Gasteiger partial charge on any atom is 0.224 e. The molecule has 1 aliphatic heterocycles. The van der Waals surface area contributed by atoms with Gasteiger partial charge in [0.05, 0.1) is 5.25 Å². The predicted molar refractivity (Wildman–Crippen MR) is 68.9 cm³/mol. The van der Waals surface area contributed by atoms with E-state index in [0.717, 1.165) is 24.9 Å². The molecule has 0 spiro atoms. The van der Waals surface area contributed by atoms with Crippen molar-refractivity contribution in [3.8, 4) is 0 Å². The first kappa shape index (κ1) is 11.8. The lowest BCUT2D eigenvalue weighted by atomic mass is 10.2. The Hall–Kier alpha value is -0.710. The summed E-state index contributed by atoms with van der Waals surface area (Å²) in [7, 11) is 0. The zero-order chi connectivity index (χ0) is 11.4. The van der Waals surface area contributed by atoms with E-state index in [1.165, 1.54) is 25.0 Å². The maximum absolute atomic E-state index is 4.36. The van der Waals surface area contributed by atoms with Crippen molar-refractivity contribution in [2.24, 2.45) is 0 Å². The molecule has 1 atom stereocenters. The van der Waals surface area contributed by atoms with E-state index in [2.05, 4.69) is 33.9 Å². The Morgan fingerprint density at radius 2 is 2.25 bits per heavy atom. The summed E-state index contributed by atoms with van der Waals surface area (Å²) in [6.45, 7) is 6.09. The van der Waals surface area contributed by atoms with Crippen LogP contribution in [0.1, 0.15) is 44.2 Å². The molecule has 2 rings (SSSR count). The minimum atomic E-state index is 0.550. The second-order valence-corrected chi connectivity index (χ2v) is 5.32. The molecule has 0 amide bonds. The second kappa shape index (κ2) is 5.57. The van der Waals surface area contributed by atoms with E-state index in [-0.39, 0.29) is 0 Å². The van der Waals surface area contributed by atoms with Crippen molar-refractivity contribution in [2.45, 2.75) is 44.9 Å². The molecule has 2 heterocycles. The van der Waals surface area contributed by atoms with Crippen molar-refractivity contribution in [1.29, 1.82) is 0 Å². The topological polar surface area (TPSA) is 42.7 Å². The molecule has 1 saturated heterocycles. The summed E-state index contributed by atoms with van der Waals surface area (Å²) >= 11 is 2.03. The monoisotopic (exact) mass is 240 g/mol. The summed E-state index contributed by atoms with van der Waals surface area (Å²) in [4.78, 5) is 0. The molecule has 90 valence electrons. The number of rotatable bonds is 4. The quantitative estimate of drug-likeness (QED) is 0.878. The van der Waals surface area contributed by atoms with Crippen LogP contribution in [-0.2, 0) is 6.54 Å². The zero-order valence-electron chi connectivity index (χ0n) is 10.1. The normalized spacial score (nSPS) is 21.0. The first-order valence-electron chi connectivity index (χ1n) is 6.15. The Bertz CT molecular complexity index is 331. The highest BCUT2D eigenvalue weighted by molar-refractivity contribution is 7.99. The summed E-state index contributed by atoms with van der Waals surface area (Å²) in [5, 5.41) is 12.4. The largest absolute Gasteiger partial charge is 0.355 e. The lowest BCUT2D eigenvalue weighted by molar-refractivity contribution is 0.619. The number of nitrogens with zero attached hydrogens (tertiary/aromatic N) is 3. The number of hydrogen-bond donors (Lipinski definition) is 1. The van der Waals surface area contributed by atoms with Crippen LogP contribution in [0, 0.1) is 0 Å². The van der Waals surface area contributed by atoms with Crippen molar-refractivity contribution in [1.82, 2.24) is 14.8 Å². The average molecular weight is 240 g/mol. The lowest BCUT2D eigenvalue weighted by Gasteiger charge is -2.21. The van der Waals surface area contributed by atoms with Gasteiger partial charge in [0.15, 0.2) is 0 Å². The third-order valence-electron chi connectivity index (χ3n) is 2.90. The Labute approximate surface area is 101 Å². The van der Waals surface area contributed by atoms with Gasteiger partial charge in [-0.2, -0.15) is 11.8 Å². The van der Waals surface area contributed by atoms with E-state index in [1.54, 1.807) is 0 Å². The Kier molecular flexibility index (Phi) is 4.09. The van der Waals surface area contributed by atoms with E-state index < -0.39 is 0 Å². The van der Waals surface area contributed by atoms with Gasteiger partial charge in [-0.25, -0.2) is 0 Å². The fourth-order valence-electron chi connectivity index (χ4n) is 2.10. The molecule has 1 N–H and O–H groups in total. The van der Waals surface area contributed by atoms with Gasteiger partial charge in [-0.3, -0.25) is 4.57 Å². The Morgan fingerprint density at radius 3 is 2.88 bits per heavy atom. The highest BCUT2D eigenvalue weighted by atomic mass is 32.2. The number of thioether (sulfide) groups is 1. The van der Waals surface area contributed by atoms with Crippen LogP contribution in [0.2, 0.25) is 0 Å². The first-order chi connectivity index (χ1) is 7.86. The minimum Gasteiger partial charge on any atom is -0.355 e. The molecule has 0 aliphatic carbocycles. The smallest absolute Gasteiger partial charge is 0.224 e. The predicted octanol–water partition coefficient (Wildman–Crippen LogP) is 2.69. The molecule has 0 radical (unpaired) electrons. The molecule has 0 aromatic carbocycles. The highest BCUT2D eigenvalue weighted by Gasteiger charge is 2.22. The van der Waals surface area contributed by atoms with Crippen molar-refractivity contribution in [3.63, 3.8) is 0 Å². The third kappa shape index (κ3) is 2.34. The second-order valence-electron chi connectivity index (χ2n) is 4.01. The average Bonchev–Trinajstić information content (AvgIpc) is 2.73. The Balaban J connectivity index is 2.18. The zero-order valence-corrected chi connectivity index (χ0v) is 10.9. The molecule has 5 heteroatoms. The van der Waals surface area contributed by atoms with Gasteiger partial charge in [0.1, 0.15) is 5.82 Å². The van der Waals surface area contributed by atoms with Gasteiger partial charge >= 0.3 is 0 Å². The summed E-state index contributed by atoms with van der Waals surface area (Å²) in [6, 6.07) is 0. The fraction of sp³-hybridized carbons (Fsp3) is 0.818. The van der Waals surface area contributed by atoms with Crippen molar-refractivity contribution in [2.75, 3.05) is 17.6 Å². The van der Waals surface area contributed by atoms with Crippen LogP contribution in [0.5, 0.6) is 0 Å². The van der Waals surface area contributed by atoms with Gasteiger partial charge in [0, 0.05) is 13.1 Å². The standard InChI is InChI=1S/C11H20N4S/c1-3-12-11-14-13-10(15(11)4-2)9-7-5-6-8-16-9/h9H,3-8H2,1-2H3,(H,12,14). The van der Waals surface area contributed by atoms with Crippen LogP contribution in [0.25, 0.3) is 0 Å². The van der Waals surface area contributed by atoms with E-state index >= 15 is 0 Å². The molecular weight excluding hydrogens is 220 g/mol. The molecule has 1 aliphatic rings. The van der Waals surface area contributed by atoms with E-state index in [1.807, 2.05) is 11.8 Å². The van der Waals surface area contributed by atoms with Crippen LogP contribution in [0.3, 0.4) is 0 Å². The summed E-state index contributed by atoms with van der Waals surface area (Å²) in [5.41, 5.74) is 0. The lowest BCUT2D eigenvalue weighted by Crippen LogP contribution is -2.12. The minimum absolute atomic E-state index is 0.550. The van der Waals surface area contributed by atoms with Crippen molar-refractivity contribution in [3.05, 3.63) is 5.82 Å². The van der Waals surface area contributed by atoms with Gasteiger partial charge in [-0.1, -0.05) is 6.42 Å². The van der Waals surface area contributed by atoms with E-state index in [4.69, 9.17) is 0 Å². The van der Waals surface area contributed by atoms with Crippen LogP contribution in [0.15, 0.2) is 0 Å². The van der Waals surface area contributed by atoms with Crippen LogP contribution < -0.4 is 5.32 Å². The number of nitrogens with one attached hydrogen (secondary N) is 1.